The third kappa shape index (κ3) is 5.69. The molecule has 0 bridgehead atoms. The van der Waals surface area contributed by atoms with Gasteiger partial charge < -0.3 is 19.9 Å². The highest BCUT2D eigenvalue weighted by atomic mass is 127. The number of hydrogen-bond donors (Lipinski definition) is 2. The zero-order valence-electron chi connectivity index (χ0n) is 16.2. The van der Waals surface area contributed by atoms with Gasteiger partial charge in [-0.1, -0.05) is 36.4 Å². The van der Waals surface area contributed by atoms with Crippen molar-refractivity contribution >= 4 is 29.9 Å². The molecule has 1 aromatic carbocycles. The molecule has 0 atom stereocenters. The van der Waals surface area contributed by atoms with Gasteiger partial charge in [0.25, 0.3) is 0 Å². The lowest BCUT2D eigenvalue weighted by molar-refractivity contribution is 0.397. The molecule has 0 aliphatic carbocycles. The standard InChI is InChI=1S/C20H24N6O.HI/c1-21-20(24-12-15-9-10-19(27-3)23-11-15)26(2)14-18-22-13-17(25-18)16-7-5-4-6-8-16;/h4-11,13H,12,14H2,1-3H3,(H,21,24)(H,22,25);1H. The van der Waals surface area contributed by atoms with Crippen LogP contribution in [0, 0.1) is 0 Å². The molecule has 28 heavy (non-hydrogen) atoms. The summed E-state index contributed by atoms with van der Waals surface area (Å²) in [6, 6.07) is 14.0. The van der Waals surface area contributed by atoms with E-state index in [2.05, 4.69) is 37.4 Å². The molecule has 0 radical (unpaired) electrons. The highest BCUT2D eigenvalue weighted by molar-refractivity contribution is 14.0. The van der Waals surface area contributed by atoms with Gasteiger partial charge in [0.05, 0.1) is 25.5 Å². The van der Waals surface area contributed by atoms with Crippen LogP contribution in [0.1, 0.15) is 11.4 Å². The van der Waals surface area contributed by atoms with E-state index in [-0.39, 0.29) is 24.0 Å². The fourth-order valence-electron chi connectivity index (χ4n) is 2.71. The second kappa shape index (κ2) is 10.6. The molecule has 3 aromatic rings. The molecule has 0 saturated carbocycles. The van der Waals surface area contributed by atoms with Crippen molar-refractivity contribution in [3.05, 3.63) is 66.2 Å². The first-order valence-electron chi connectivity index (χ1n) is 8.69. The number of guanidine groups is 1. The number of hydrogen-bond acceptors (Lipinski definition) is 4. The van der Waals surface area contributed by atoms with Crippen molar-refractivity contribution in [1.82, 2.24) is 25.2 Å². The number of pyridine rings is 1. The monoisotopic (exact) mass is 492 g/mol. The van der Waals surface area contributed by atoms with Crippen LogP contribution in [-0.4, -0.2) is 47.0 Å². The largest absolute Gasteiger partial charge is 0.481 e. The highest BCUT2D eigenvalue weighted by Crippen LogP contribution is 2.16. The van der Waals surface area contributed by atoms with Crippen LogP contribution < -0.4 is 10.1 Å². The molecular formula is C20H25IN6O. The van der Waals surface area contributed by atoms with Gasteiger partial charge in [0.2, 0.25) is 5.88 Å². The molecule has 0 fully saturated rings. The van der Waals surface area contributed by atoms with Gasteiger partial charge in [0.1, 0.15) is 5.82 Å². The molecule has 8 heteroatoms. The second-order valence-corrected chi connectivity index (χ2v) is 6.08. The first kappa shape index (κ1) is 21.7. The Kier molecular flexibility index (Phi) is 8.24. The minimum absolute atomic E-state index is 0. The highest BCUT2D eigenvalue weighted by Gasteiger charge is 2.10. The van der Waals surface area contributed by atoms with Crippen LogP contribution in [0.3, 0.4) is 0 Å². The third-order valence-corrected chi connectivity index (χ3v) is 4.13. The lowest BCUT2D eigenvalue weighted by atomic mass is 10.2. The lowest BCUT2D eigenvalue weighted by Gasteiger charge is -2.21. The van der Waals surface area contributed by atoms with E-state index in [1.165, 1.54) is 0 Å². The number of nitrogens with one attached hydrogen (secondary N) is 2. The number of aromatic amines is 1. The summed E-state index contributed by atoms with van der Waals surface area (Å²) in [7, 11) is 5.35. The fourth-order valence-corrected chi connectivity index (χ4v) is 2.71. The number of imidazole rings is 1. The van der Waals surface area contributed by atoms with Crippen molar-refractivity contribution < 1.29 is 4.74 Å². The molecule has 0 aliphatic rings. The van der Waals surface area contributed by atoms with Crippen molar-refractivity contribution in [3.8, 4) is 17.1 Å². The topological polar surface area (TPSA) is 78.4 Å². The Morgan fingerprint density at radius 2 is 1.93 bits per heavy atom. The van der Waals surface area contributed by atoms with E-state index >= 15 is 0 Å². The molecule has 148 valence electrons. The lowest BCUT2D eigenvalue weighted by Crippen LogP contribution is -2.38. The molecule has 2 N–H and O–H groups in total. The predicted octanol–water partition coefficient (Wildman–Crippen LogP) is 3.31. The fraction of sp³-hybridized carbons (Fsp3) is 0.250. The van der Waals surface area contributed by atoms with Gasteiger partial charge in [-0.05, 0) is 11.1 Å². The van der Waals surface area contributed by atoms with E-state index in [0.29, 0.717) is 19.0 Å². The Bertz CT molecular complexity index is 879. The van der Waals surface area contributed by atoms with Crippen molar-refractivity contribution in [1.29, 1.82) is 0 Å². The Labute approximate surface area is 182 Å². The number of aliphatic imine (C=N–C) groups is 1. The maximum absolute atomic E-state index is 5.08. The maximum atomic E-state index is 5.08. The van der Waals surface area contributed by atoms with Gasteiger partial charge >= 0.3 is 0 Å². The van der Waals surface area contributed by atoms with Gasteiger partial charge in [-0.3, -0.25) is 4.99 Å². The minimum atomic E-state index is 0. The maximum Gasteiger partial charge on any atom is 0.212 e. The number of benzene rings is 1. The van der Waals surface area contributed by atoms with Crippen molar-refractivity contribution in [2.45, 2.75) is 13.1 Å². The molecule has 3 rings (SSSR count). The first-order chi connectivity index (χ1) is 13.2. The second-order valence-electron chi connectivity index (χ2n) is 6.08. The summed E-state index contributed by atoms with van der Waals surface area (Å²) in [6.07, 6.45) is 3.65. The van der Waals surface area contributed by atoms with E-state index in [4.69, 9.17) is 4.74 Å². The molecule has 0 unspecified atom stereocenters. The van der Waals surface area contributed by atoms with Gasteiger partial charge in [0.15, 0.2) is 5.96 Å². The summed E-state index contributed by atoms with van der Waals surface area (Å²) in [5.74, 6) is 2.26. The Morgan fingerprint density at radius 1 is 1.14 bits per heavy atom. The quantitative estimate of drug-likeness (QED) is 0.314. The van der Waals surface area contributed by atoms with Gasteiger partial charge in [-0.15, -0.1) is 24.0 Å². The smallest absolute Gasteiger partial charge is 0.212 e. The zero-order chi connectivity index (χ0) is 19.1. The molecule has 0 amide bonds. The summed E-state index contributed by atoms with van der Waals surface area (Å²) in [5.41, 5.74) is 3.18. The Balaban J connectivity index is 0.00000280. The molecule has 0 aliphatic heterocycles. The van der Waals surface area contributed by atoms with Crippen LogP contribution >= 0.6 is 24.0 Å². The van der Waals surface area contributed by atoms with Crippen molar-refractivity contribution in [2.24, 2.45) is 4.99 Å². The van der Waals surface area contributed by atoms with E-state index in [1.807, 2.05) is 48.5 Å². The average molecular weight is 492 g/mol. The summed E-state index contributed by atoms with van der Waals surface area (Å²) >= 11 is 0. The number of aromatic nitrogens is 3. The van der Waals surface area contributed by atoms with Crippen LogP contribution in [0.4, 0.5) is 0 Å². The SMILES string of the molecule is CN=C(NCc1ccc(OC)nc1)N(C)Cc1ncc(-c2ccccc2)[nH]1.I. The summed E-state index contributed by atoms with van der Waals surface area (Å²) < 4.78 is 5.08. The Hall–Kier alpha value is -2.62. The van der Waals surface area contributed by atoms with E-state index < -0.39 is 0 Å². The molecule has 7 nitrogen and oxygen atoms in total. The summed E-state index contributed by atoms with van der Waals surface area (Å²) in [6.45, 7) is 1.24. The van der Waals surface area contributed by atoms with Crippen LogP contribution in [0.25, 0.3) is 11.3 Å². The van der Waals surface area contributed by atoms with Crippen molar-refractivity contribution in [2.75, 3.05) is 21.2 Å². The first-order valence-corrected chi connectivity index (χ1v) is 8.69. The molecule has 0 saturated heterocycles. The molecule has 0 spiro atoms. The predicted molar refractivity (Wildman–Crippen MR) is 122 cm³/mol. The van der Waals surface area contributed by atoms with E-state index in [0.717, 1.165) is 28.6 Å². The summed E-state index contributed by atoms with van der Waals surface area (Å²) in [5, 5.41) is 3.34. The number of nitrogens with zero attached hydrogens (tertiary/aromatic N) is 4. The van der Waals surface area contributed by atoms with Crippen LogP contribution in [-0.2, 0) is 13.1 Å². The average Bonchev–Trinajstić information content (AvgIpc) is 3.18. The van der Waals surface area contributed by atoms with Gasteiger partial charge in [-0.2, -0.15) is 0 Å². The number of H-pyrrole nitrogens is 1. The van der Waals surface area contributed by atoms with Gasteiger partial charge in [-0.25, -0.2) is 9.97 Å². The molecule has 2 heterocycles. The van der Waals surface area contributed by atoms with E-state index in [9.17, 15) is 0 Å². The number of rotatable bonds is 6. The number of methoxy groups -OCH3 is 1. The minimum Gasteiger partial charge on any atom is -0.481 e. The van der Waals surface area contributed by atoms with Crippen LogP contribution in [0.5, 0.6) is 5.88 Å². The zero-order valence-corrected chi connectivity index (χ0v) is 18.5. The summed E-state index contributed by atoms with van der Waals surface area (Å²) in [4.78, 5) is 18.4. The van der Waals surface area contributed by atoms with Gasteiger partial charge in [0, 0.05) is 32.9 Å². The Morgan fingerprint density at radius 3 is 2.57 bits per heavy atom. The van der Waals surface area contributed by atoms with E-state index in [1.54, 1.807) is 20.4 Å². The van der Waals surface area contributed by atoms with Crippen LogP contribution in [0.2, 0.25) is 0 Å². The van der Waals surface area contributed by atoms with Crippen molar-refractivity contribution in [3.63, 3.8) is 0 Å². The third-order valence-electron chi connectivity index (χ3n) is 4.13. The normalized spacial score (nSPS) is 10.9. The number of ether oxygens (including phenoxy) is 1. The van der Waals surface area contributed by atoms with Crippen LogP contribution in [0.15, 0.2) is 59.9 Å². The molecule has 2 aromatic heterocycles. The number of halogens is 1. The molecular weight excluding hydrogens is 467 g/mol.